The molecule has 1 aliphatic heterocycles. The number of alkyl halides is 2. The van der Waals surface area contributed by atoms with Gasteiger partial charge in [0.1, 0.15) is 5.82 Å². The van der Waals surface area contributed by atoms with Crippen molar-refractivity contribution in [3.8, 4) is 11.8 Å². The second-order valence-electron chi connectivity index (χ2n) is 5.94. The Balaban J connectivity index is 2.31. The molecule has 0 spiro atoms. The van der Waals surface area contributed by atoms with Gasteiger partial charge in [0.25, 0.3) is 5.92 Å². The van der Waals surface area contributed by atoms with E-state index >= 15 is 0 Å². The van der Waals surface area contributed by atoms with Crippen LogP contribution >= 0.6 is 15.9 Å². The molecular weight excluding hydrogens is 373 g/mol. The fourth-order valence-electron chi connectivity index (χ4n) is 2.71. The molecule has 0 saturated heterocycles. The van der Waals surface area contributed by atoms with Crippen molar-refractivity contribution < 1.29 is 18.0 Å². The van der Waals surface area contributed by atoms with Gasteiger partial charge in [-0.2, -0.15) is 0 Å². The van der Waals surface area contributed by atoms with Crippen LogP contribution in [0.3, 0.4) is 0 Å². The molecule has 0 radical (unpaired) electrons. The van der Waals surface area contributed by atoms with Gasteiger partial charge in [-0.1, -0.05) is 11.8 Å². The molecule has 2 amide bonds. The van der Waals surface area contributed by atoms with Gasteiger partial charge in [-0.05, 0) is 40.9 Å². The van der Waals surface area contributed by atoms with Crippen LogP contribution in [0, 0.1) is 23.6 Å². The lowest BCUT2D eigenvalue weighted by Gasteiger charge is -2.45. The van der Waals surface area contributed by atoms with Crippen molar-refractivity contribution in [2.45, 2.75) is 31.2 Å². The summed E-state index contributed by atoms with van der Waals surface area (Å²) in [6.45, 7) is 0.702. The van der Waals surface area contributed by atoms with E-state index in [9.17, 15) is 18.0 Å². The molecule has 1 aromatic carbocycles. The molecular formula is C16H14BrF3N2O. The average molecular weight is 387 g/mol. The second kappa shape index (κ2) is 5.17. The molecule has 1 saturated carbocycles. The molecule has 0 unspecified atom stereocenters. The van der Waals surface area contributed by atoms with E-state index < -0.39 is 23.3 Å². The number of nitrogens with one attached hydrogen (secondary N) is 1. The predicted octanol–water partition coefficient (Wildman–Crippen LogP) is 4.33. The van der Waals surface area contributed by atoms with Gasteiger partial charge >= 0.3 is 6.03 Å². The maximum Gasteiger partial charge on any atom is 0.323 e. The van der Waals surface area contributed by atoms with Gasteiger partial charge in [0.05, 0.1) is 10.2 Å². The number of anilines is 1. The number of nitrogens with zero attached hydrogens (tertiary/aromatic N) is 1. The maximum atomic E-state index is 14.6. The summed E-state index contributed by atoms with van der Waals surface area (Å²) in [6, 6.07) is 1.59. The Morgan fingerprint density at radius 2 is 2.09 bits per heavy atom. The summed E-state index contributed by atoms with van der Waals surface area (Å²) in [6.07, 6.45) is 1.71. The highest BCUT2D eigenvalue weighted by molar-refractivity contribution is 9.10. The lowest BCUT2D eigenvalue weighted by Crippen LogP contribution is -2.60. The first-order valence-corrected chi connectivity index (χ1v) is 7.91. The number of urea groups is 1. The Morgan fingerprint density at radius 3 is 2.65 bits per heavy atom. The highest BCUT2D eigenvalue weighted by Crippen LogP contribution is 2.48. The number of hydrogen-bond acceptors (Lipinski definition) is 1. The second-order valence-corrected chi connectivity index (χ2v) is 6.80. The molecule has 2 aliphatic rings. The third-order valence-electron chi connectivity index (χ3n) is 4.17. The van der Waals surface area contributed by atoms with E-state index in [2.05, 4.69) is 33.1 Å². The van der Waals surface area contributed by atoms with Gasteiger partial charge in [-0.3, -0.25) is 0 Å². The van der Waals surface area contributed by atoms with Crippen LogP contribution < -0.4 is 5.32 Å². The van der Waals surface area contributed by atoms with E-state index in [-0.39, 0.29) is 21.6 Å². The molecule has 23 heavy (non-hydrogen) atoms. The molecule has 7 heteroatoms. The van der Waals surface area contributed by atoms with E-state index in [0.717, 1.165) is 23.8 Å². The number of benzene rings is 1. The van der Waals surface area contributed by atoms with Gasteiger partial charge in [-0.25, -0.2) is 18.0 Å². The van der Waals surface area contributed by atoms with Crippen LogP contribution in [0.4, 0.5) is 23.7 Å². The first kappa shape index (κ1) is 16.2. The summed E-state index contributed by atoms with van der Waals surface area (Å²) >= 11 is 3.01. The zero-order valence-electron chi connectivity index (χ0n) is 12.5. The molecule has 1 atom stereocenters. The predicted molar refractivity (Wildman–Crippen MR) is 83.7 cm³/mol. The van der Waals surface area contributed by atoms with E-state index in [1.807, 2.05) is 0 Å². The number of amides is 2. The molecule has 3 rings (SSSR count). The Bertz CT molecular complexity index is 746. The van der Waals surface area contributed by atoms with Crippen molar-refractivity contribution in [3.05, 3.63) is 28.0 Å². The molecule has 122 valence electrons. The molecule has 0 aromatic heterocycles. The topological polar surface area (TPSA) is 32.3 Å². The van der Waals surface area contributed by atoms with E-state index in [1.165, 1.54) is 13.1 Å². The normalized spacial score (nSPS) is 23.7. The summed E-state index contributed by atoms with van der Waals surface area (Å²) in [7, 11) is 1.25. The van der Waals surface area contributed by atoms with Crippen LogP contribution in [-0.4, -0.2) is 23.9 Å². The monoisotopic (exact) mass is 386 g/mol. The van der Waals surface area contributed by atoms with Crippen LogP contribution in [0.25, 0.3) is 0 Å². The molecule has 1 N–H and O–H groups in total. The van der Waals surface area contributed by atoms with Crippen molar-refractivity contribution in [1.82, 2.24) is 4.90 Å². The number of halogens is 4. The van der Waals surface area contributed by atoms with Crippen LogP contribution in [0.5, 0.6) is 0 Å². The van der Waals surface area contributed by atoms with E-state index in [0.29, 0.717) is 6.92 Å². The Kier molecular flexibility index (Phi) is 3.64. The average Bonchev–Trinajstić information content (AvgIpc) is 3.25. The lowest BCUT2D eigenvalue weighted by molar-refractivity contribution is -0.0862. The SMILES string of the molecule is CN1C(=O)Nc2cc(Br)c(F)cc2[C@@]1(C#CC1CC1)C(C)(F)F. The lowest BCUT2D eigenvalue weighted by atomic mass is 9.80. The molecule has 1 aromatic rings. The van der Waals surface area contributed by atoms with Crippen molar-refractivity contribution in [2.75, 3.05) is 12.4 Å². The van der Waals surface area contributed by atoms with Crippen molar-refractivity contribution in [1.29, 1.82) is 0 Å². The quantitative estimate of drug-likeness (QED) is 0.715. The number of hydrogen-bond donors (Lipinski definition) is 1. The standard InChI is InChI=1S/C16H14BrF3N2O/c1-15(19,20)16(6-5-9-3-4-9)10-7-12(18)11(17)8-13(10)21-14(23)22(16)2/h7-9H,3-4H2,1-2H3,(H,21,23)/t16-/m0/s1. The number of rotatable bonds is 1. The first-order valence-electron chi connectivity index (χ1n) is 7.11. The van der Waals surface area contributed by atoms with E-state index in [1.54, 1.807) is 0 Å². The largest absolute Gasteiger partial charge is 0.323 e. The van der Waals surface area contributed by atoms with Gasteiger partial charge in [0.2, 0.25) is 0 Å². The summed E-state index contributed by atoms with van der Waals surface area (Å²) in [4.78, 5) is 13.0. The van der Waals surface area contributed by atoms with Gasteiger partial charge in [0.15, 0.2) is 5.54 Å². The molecule has 3 nitrogen and oxygen atoms in total. The van der Waals surface area contributed by atoms with Crippen LogP contribution in [-0.2, 0) is 5.54 Å². The minimum Gasteiger partial charge on any atom is -0.307 e. The summed E-state index contributed by atoms with van der Waals surface area (Å²) < 4.78 is 43.3. The van der Waals surface area contributed by atoms with Gasteiger partial charge < -0.3 is 10.2 Å². The zero-order chi connectivity index (χ0) is 17.0. The zero-order valence-corrected chi connectivity index (χ0v) is 14.1. The van der Waals surface area contributed by atoms with Crippen molar-refractivity contribution in [2.24, 2.45) is 5.92 Å². The maximum absolute atomic E-state index is 14.6. The van der Waals surface area contributed by atoms with Crippen LogP contribution in [0.15, 0.2) is 16.6 Å². The van der Waals surface area contributed by atoms with Crippen molar-refractivity contribution in [3.63, 3.8) is 0 Å². The summed E-state index contributed by atoms with van der Waals surface area (Å²) in [5.74, 6) is 1.42. The third kappa shape index (κ3) is 2.49. The molecule has 1 fully saturated rings. The third-order valence-corrected chi connectivity index (χ3v) is 4.78. The fraction of sp³-hybridized carbons (Fsp3) is 0.438. The molecule has 1 heterocycles. The number of carbonyl (C=O) groups is 1. The minimum atomic E-state index is -3.38. The summed E-state index contributed by atoms with van der Waals surface area (Å²) in [5.41, 5.74) is -2.11. The van der Waals surface area contributed by atoms with Crippen LogP contribution in [0.2, 0.25) is 0 Å². The molecule has 0 bridgehead atoms. The fourth-order valence-corrected chi connectivity index (χ4v) is 3.05. The number of fused-ring (bicyclic) bond motifs is 1. The number of carbonyl (C=O) groups excluding carboxylic acids is 1. The highest BCUT2D eigenvalue weighted by Gasteiger charge is 2.58. The Labute approximate surface area is 140 Å². The smallest absolute Gasteiger partial charge is 0.307 e. The van der Waals surface area contributed by atoms with Gasteiger partial charge in [-0.15, -0.1) is 0 Å². The summed E-state index contributed by atoms with van der Waals surface area (Å²) in [5, 5.41) is 2.50. The first-order chi connectivity index (χ1) is 10.7. The Morgan fingerprint density at radius 1 is 1.43 bits per heavy atom. The van der Waals surface area contributed by atoms with Gasteiger partial charge in [0, 0.05) is 25.5 Å². The molecule has 1 aliphatic carbocycles. The highest BCUT2D eigenvalue weighted by atomic mass is 79.9. The van der Waals surface area contributed by atoms with E-state index in [4.69, 9.17) is 0 Å². The minimum absolute atomic E-state index is 0.0408. The van der Waals surface area contributed by atoms with Crippen molar-refractivity contribution >= 4 is 27.6 Å². The van der Waals surface area contributed by atoms with Crippen LogP contribution in [0.1, 0.15) is 25.3 Å². The Hall–Kier alpha value is -1.68.